The average molecular weight is 637 g/mol. The lowest BCUT2D eigenvalue weighted by molar-refractivity contribution is -0.134. The molecule has 3 aromatic carbocycles. The number of hydrogen-bond donors (Lipinski definition) is 3. The highest BCUT2D eigenvalue weighted by Gasteiger charge is 2.19. The van der Waals surface area contributed by atoms with Crippen molar-refractivity contribution < 1.29 is 19.8 Å². The van der Waals surface area contributed by atoms with E-state index in [1.54, 1.807) is 22.4 Å². The zero-order valence-electron chi connectivity index (χ0n) is 24.7. The maximum absolute atomic E-state index is 13.6. The van der Waals surface area contributed by atoms with Gasteiger partial charge in [-0.15, -0.1) is 0 Å². The van der Waals surface area contributed by atoms with E-state index in [1.165, 1.54) is 0 Å². The fraction of sp³-hybridized carbons (Fsp3) is 0.147. The molecule has 0 aliphatic carbocycles. The molecule has 0 amide bonds. The number of hydrogen-bond acceptors (Lipinski definition) is 7. The highest BCUT2D eigenvalue weighted by Crippen LogP contribution is 2.33. The molecule has 12 heteroatoms. The number of nitrogens with one attached hydrogen (secondary N) is 1. The van der Waals surface area contributed by atoms with Gasteiger partial charge in [0.15, 0.2) is 0 Å². The van der Waals surface area contributed by atoms with E-state index >= 15 is 0 Å². The molecule has 1 aliphatic heterocycles. The molecular formula is C34H29ClN6O5. The van der Waals surface area contributed by atoms with Gasteiger partial charge in [0, 0.05) is 67.9 Å². The minimum atomic E-state index is -1.26. The number of aliphatic carboxylic acids is 2. The molecule has 4 heterocycles. The van der Waals surface area contributed by atoms with Crippen molar-refractivity contribution in [1.82, 2.24) is 24.4 Å². The zero-order chi connectivity index (χ0) is 32.4. The van der Waals surface area contributed by atoms with E-state index in [0.29, 0.717) is 17.2 Å². The average Bonchev–Trinajstić information content (AvgIpc) is 3.33. The Morgan fingerprint density at radius 1 is 0.870 bits per heavy atom. The number of carboxylic acid groups (broad SMARTS) is 2. The van der Waals surface area contributed by atoms with Crippen LogP contribution in [0.3, 0.4) is 0 Å². The van der Waals surface area contributed by atoms with Crippen molar-refractivity contribution >= 4 is 62.1 Å². The topological polar surface area (TPSA) is 143 Å². The second kappa shape index (κ2) is 12.8. The van der Waals surface area contributed by atoms with Gasteiger partial charge in [-0.3, -0.25) is 19.1 Å². The van der Waals surface area contributed by atoms with Gasteiger partial charge in [0.05, 0.1) is 44.7 Å². The first-order chi connectivity index (χ1) is 22.2. The van der Waals surface area contributed by atoms with Gasteiger partial charge in [0.25, 0.3) is 0 Å². The van der Waals surface area contributed by atoms with Crippen LogP contribution in [-0.4, -0.2) is 67.4 Å². The van der Waals surface area contributed by atoms with Crippen LogP contribution in [0.1, 0.15) is 0 Å². The van der Waals surface area contributed by atoms with Crippen LogP contribution in [0.5, 0.6) is 0 Å². The Balaban J connectivity index is 0.000000414. The molecule has 0 spiro atoms. The van der Waals surface area contributed by atoms with Crippen molar-refractivity contribution in [2.45, 2.75) is 0 Å². The van der Waals surface area contributed by atoms with E-state index in [-0.39, 0.29) is 5.69 Å². The van der Waals surface area contributed by atoms with Crippen molar-refractivity contribution in [3.63, 3.8) is 0 Å². The fourth-order valence-electron chi connectivity index (χ4n) is 5.58. The smallest absolute Gasteiger partial charge is 0.333 e. The molecular weight excluding hydrogens is 608 g/mol. The van der Waals surface area contributed by atoms with Gasteiger partial charge in [-0.1, -0.05) is 35.9 Å². The molecule has 0 atom stereocenters. The number of rotatable bonds is 5. The van der Waals surface area contributed by atoms with Crippen LogP contribution in [0.25, 0.3) is 49.7 Å². The van der Waals surface area contributed by atoms with Crippen molar-refractivity contribution in [2.24, 2.45) is 7.05 Å². The Bertz CT molecular complexity index is 2200. The standard InChI is InChI=1S/C30H25ClN6O.C4H4O4/c1-35-28-18-34-26-8-6-19(21-14-20-4-2-3-5-25(20)33-17-21)15-23(26)29(28)37(30(35)38)22-7-9-27(24(31)16-22)36-12-10-32-11-13-36;5-3(6)1-2-4(7)8/h2-9,14-18,32H,10-13H2,1H3;1-2H,(H,5,6)(H,7,8). The maximum atomic E-state index is 13.6. The van der Waals surface area contributed by atoms with E-state index in [4.69, 9.17) is 21.8 Å². The second-order valence-corrected chi connectivity index (χ2v) is 11.1. The van der Waals surface area contributed by atoms with E-state index in [2.05, 4.69) is 44.5 Å². The van der Waals surface area contributed by atoms with Gasteiger partial charge in [0.1, 0.15) is 0 Å². The van der Waals surface area contributed by atoms with Crippen LogP contribution in [0.2, 0.25) is 5.02 Å². The molecule has 11 nitrogen and oxygen atoms in total. The number of pyridine rings is 2. The molecule has 1 fully saturated rings. The summed E-state index contributed by atoms with van der Waals surface area (Å²) in [5.41, 5.74) is 6.95. The molecule has 232 valence electrons. The predicted octanol–water partition coefficient (Wildman–Crippen LogP) is 4.87. The van der Waals surface area contributed by atoms with Crippen LogP contribution in [-0.2, 0) is 16.6 Å². The summed E-state index contributed by atoms with van der Waals surface area (Å²) in [5.74, 6) is -2.51. The summed E-state index contributed by atoms with van der Waals surface area (Å²) in [4.78, 5) is 44.3. The number of nitrogens with zero attached hydrogens (tertiary/aromatic N) is 5. The minimum absolute atomic E-state index is 0.141. The summed E-state index contributed by atoms with van der Waals surface area (Å²) in [5, 5.41) is 21.6. The number of imidazole rings is 1. The summed E-state index contributed by atoms with van der Waals surface area (Å²) < 4.78 is 3.39. The van der Waals surface area contributed by atoms with Gasteiger partial charge < -0.3 is 20.4 Å². The van der Waals surface area contributed by atoms with Gasteiger partial charge in [-0.2, -0.15) is 0 Å². The number of carbonyl (C=O) groups is 2. The molecule has 6 aromatic rings. The number of para-hydroxylation sites is 1. The first kappa shape index (κ1) is 30.5. The Labute approximate surface area is 267 Å². The van der Waals surface area contributed by atoms with Crippen molar-refractivity contribution in [3.05, 3.63) is 107 Å². The monoisotopic (exact) mass is 636 g/mol. The highest BCUT2D eigenvalue weighted by molar-refractivity contribution is 6.33. The molecule has 0 saturated carbocycles. The lowest BCUT2D eigenvalue weighted by Crippen LogP contribution is -2.43. The quantitative estimate of drug-likeness (QED) is 0.226. The number of halogens is 1. The molecule has 0 unspecified atom stereocenters. The van der Waals surface area contributed by atoms with Crippen molar-refractivity contribution in [1.29, 1.82) is 0 Å². The molecule has 7 rings (SSSR count). The maximum Gasteiger partial charge on any atom is 0.333 e. The van der Waals surface area contributed by atoms with Crippen molar-refractivity contribution in [3.8, 4) is 16.8 Å². The van der Waals surface area contributed by atoms with Crippen LogP contribution in [0.4, 0.5) is 5.69 Å². The number of carboxylic acids is 2. The number of anilines is 1. The van der Waals surface area contributed by atoms with Crippen molar-refractivity contribution in [2.75, 3.05) is 31.1 Å². The Morgan fingerprint density at radius 3 is 2.30 bits per heavy atom. The SMILES string of the molecule is Cn1c(=O)n(-c2ccc(N3CCNCC3)c(Cl)c2)c2c3cc(-c4cnc5ccccc5c4)ccc3ncc21.O=C(O)C=CC(=O)O. The van der Waals surface area contributed by atoms with E-state index in [1.807, 2.05) is 48.7 Å². The number of benzene rings is 3. The highest BCUT2D eigenvalue weighted by atomic mass is 35.5. The van der Waals surface area contributed by atoms with Gasteiger partial charge in [-0.05, 0) is 48.0 Å². The van der Waals surface area contributed by atoms with Gasteiger partial charge in [-0.25, -0.2) is 14.4 Å². The minimum Gasteiger partial charge on any atom is -0.478 e. The molecule has 3 N–H and O–H groups in total. The molecule has 1 saturated heterocycles. The third-order valence-corrected chi connectivity index (χ3v) is 8.13. The predicted molar refractivity (Wildman–Crippen MR) is 179 cm³/mol. The fourth-order valence-corrected chi connectivity index (χ4v) is 5.88. The molecule has 3 aromatic heterocycles. The number of aromatic nitrogens is 4. The zero-order valence-corrected chi connectivity index (χ0v) is 25.5. The Hall–Kier alpha value is -5.52. The lowest BCUT2D eigenvalue weighted by atomic mass is 10.0. The van der Waals surface area contributed by atoms with E-state index in [0.717, 1.165) is 81.5 Å². The summed E-state index contributed by atoms with van der Waals surface area (Å²) in [6, 6.07) is 22.3. The van der Waals surface area contributed by atoms with Crippen LogP contribution >= 0.6 is 11.6 Å². The first-order valence-electron chi connectivity index (χ1n) is 14.5. The third-order valence-electron chi connectivity index (χ3n) is 7.82. The third kappa shape index (κ3) is 6.06. The second-order valence-electron chi connectivity index (χ2n) is 10.7. The first-order valence-corrected chi connectivity index (χ1v) is 14.8. The Kier molecular flexibility index (Phi) is 8.51. The summed E-state index contributed by atoms with van der Waals surface area (Å²) >= 11 is 6.79. The molecule has 46 heavy (non-hydrogen) atoms. The number of aryl methyl sites for hydroxylation is 1. The van der Waals surface area contributed by atoms with Gasteiger partial charge >= 0.3 is 17.6 Å². The largest absolute Gasteiger partial charge is 0.478 e. The van der Waals surface area contributed by atoms with E-state index in [9.17, 15) is 14.4 Å². The number of fused-ring (bicyclic) bond motifs is 4. The normalized spacial score (nSPS) is 13.3. The van der Waals surface area contributed by atoms with E-state index < -0.39 is 11.9 Å². The summed E-state index contributed by atoms with van der Waals surface area (Å²) in [6.45, 7) is 3.65. The number of piperazine rings is 1. The summed E-state index contributed by atoms with van der Waals surface area (Å²) in [7, 11) is 1.78. The van der Waals surface area contributed by atoms with Crippen LogP contribution in [0, 0.1) is 0 Å². The molecule has 0 bridgehead atoms. The van der Waals surface area contributed by atoms with Crippen LogP contribution in [0.15, 0.2) is 96.1 Å². The molecule has 0 radical (unpaired) electrons. The Morgan fingerprint density at radius 2 is 1.59 bits per heavy atom. The van der Waals surface area contributed by atoms with Crippen LogP contribution < -0.4 is 15.9 Å². The lowest BCUT2D eigenvalue weighted by Gasteiger charge is -2.30. The summed E-state index contributed by atoms with van der Waals surface area (Å²) in [6.07, 6.45) is 4.78. The molecule has 1 aliphatic rings. The van der Waals surface area contributed by atoms with Gasteiger partial charge in [0.2, 0.25) is 0 Å².